The number of hydrogen-bond donors (Lipinski definition) is 2. The first-order chi connectivity index (χ1) is 11.6. The highest BCUT2D eigenvalue weighted by molar-refractivity contribution is 5.79. The Morgan fingerprint density at radius 2 is 1.96 bits per heavy atom. The van der Waals surface area contributed by atoms with Crippen molar-refractivity contribution in [2.45, 2.75) is 31.8 Å². The average Bonchev–Trinajstić information content (AvgIpc) is 2.59. The molecule has 1 fully saturated rings. The molecule has 0 radical (unpaired) electrons. The summed E-state index contributed by atoms with van der Waals surface area (Å²) >= 11 is 0. The first-order valence-electron chi connectivity index (χ1n) is 8.58. The van der Waals surface area contributed by atoms with Crippen LogP contribution in [0.3, 0.4) is 0 Å². The molecule has 1 aromatic rings. The van der Waals surface area contributed by atoms with Gasteiger partial charge in [-0.05, 0) is 39.9 Å². The zero-order valence-electron chi connectivity index (χ0n) is 14.9. The van der Waals surface area contributed by atoms with Crippen molar-refractivity contribution in [2.75, 3.05) is 40.4 Å². The van der Waals surface area contributed by atoms with Gasteiger partial charge in [0.15, 0.2) is 5.96 Å². The molecule has 1 aliphatic rings. The zero-order chi connectivity index (χ0) is 17.4. The molecule has 5 nitrogen and oxygen atoms in total. The number of hydrogen-bond acceptors (Lipinski definition) is 3. The van der Waals surface area contributed by atoms with Gasteiger partial charge in [0.05, 0.1) is 6.54 Å². The molecule has 0 atom stereocenters. The van der Waals surface area contributed by atoms with Crippen LogP contribution in [0.4, 0.5) is 4.39 Å². The fourth-order valence-corrected chi connectivity index (χ4v) is 2.91. The Labute approximate surface area is 144 Å². The van der Waals surface area contributed by atoms with E-state index in [2.05, 4.69) is 34.6 Å². The number of halogens is 1. The number of guanidine groups is 1. The molecule has 24 heavy (non-hydrogen) atoms. The van der Waals surface area contributed by atoms with Crippen LogP contribution in [0.1, 0.15) is 25.3 Å². The van der Waals surface area contributed by atoms with Crippen molar-refractivity contribution in [1.29, 1.82) is 0 Å². The fraction of sp³-hybridized carbons (Fsp3) is 0.611. The van der Waals surface area contributed by atoms with Crippen LogP contribution in [0.2, 0.25) is 0 Å². The minimum atomic E-state index is -0.216. The maximum absolute atomic E-state index is 13.7. The van der Waals surface area contributed by atoms with Crippen molar-refractivity contribution in [2.24, 2.45) is 4.99 Å². The van der Waals surface area contributed by atoms with Crippen molar-refractivity contribution in [1.82, 2.24) is 15.5 Å². The highest BCUT2D eigenvalue weighted by atomic mass is 19.1. The van der Waals surface area contributed by atoms with E-state index >= 15 is 0 Å². The average molecular weight is 336 g/mol. The Morgan fingerprint density at radius 1 is 1.25 bits per heavy atom. The van der Waals surface area contributed by atoms with Gasteiger partial charge in [0.1, 0.15) is 5.82 Å². The summed E-state index contributed by atoms with van der Waals surface area (Å²) in [7, 11) is 4.22. The van der Waals surface area contributed by atoms with Crippen molar-refractivity contribution in [3.05, 3.63) is 35.6 Å². The highest BCUT2D eigenvalue weighted by Crippen LogP contribution is 2.25. The van der Waals surface area contributed by atoms with Crippen LogP contribution < -0.4 is 10.6 Å². The molecule has 2 N–H and O–H groups in total. The lowest BCUT2D eigenvalue weighted by atomic mass is 9.88. The SMILES string of the molecule is CCNC(=NCc1ccccc1F)NCC1(N(C)C)CCOCC1. The summed E-state index contributed by atoms with van der Waals surface area (Å²) < 4.78 is 19.2. The van der Waals surface area contributed by atoms with Gasteiger partial charge in [-0.2, -0.15) is 0 Å². The summed E-state index contributed by atoms with van der Waals surface area (Å²) in [6, 6.07) is 6.76. The highest BCUT2D eigenvalue weighted by Gasteiger charge is 2.34. The molecule has 1 aromatic carbocycles. The van der Waals surface area contributed by atoms with Gasteiger partial charge < -0.3 is 20.3 Å². The van der Waals surface area contributed by atoms with Gasteiger partial charge in [-0.25, -0.2) is 9.38 Å². The van der Waals surface area contributed by atoms with E-state index in [9.17, 15) is 4.39 Å². The number of rotatable bonds is 6. The summed E-state index contributed by atoms with van der Waals surface area (Å²) in [6.07, 6.45) is 1.97. The minimum Gasteiger partial charge on any atom is -0.381 e. The summed E-state index contributed by atoms with van der Waals surface area (Å²) in [6.45, 7) is 5.45. The first-order valence-corrected chi connectivity index (χ1v) is 8.58. The van der Waals surface area contributed by atoms with E-state index in [1.807, 2.05) is 13.0 Å². The van der Waals surface area contributed by atoms with Gasteiger partial charge in [0.25, 0.3) is 0 Å². The van der Waals surface area contributed by atoms with Crippen LogP contribution in [0.5, 0.6) is 0 Å². The van der Waals surface area contributed by atoms with E-state index in [0.717, 1.165) is 39.1 Å². The second-order valence-corrected chi connectivity index (χ2v) is 6.37. The largest absolute Gasteiger partial charge is 0.381 e. The molecular formula is C18H29FN4O. The molecule has 0 amide bonds. The van der Waals surface area contributed by atoms with Gasteiger partial charge in [0.2, 0.25) is 0 Å². The van der Waals surface area contributed by atoms with E-state index < -0.39 is 0 Å². The molecule has 0 spiro atoms. The predicted molar refractivity (Wildman–Crippen MR) is 95.7 cm³/mol. The summed E-state index contributed by atoms with van der Waals surface area (Å²) in [5, 5.41) is 6.66. The molecule has 6 heteroatoms. The third-order valence-corrected chi connectivity index (χ3v) is 4.67. The van der Waals surface area contributed by atoms with Gasteiger partial charge >= 0.3 is 0 Å². The van der Waals surface area contributed by atoms with Crippen molar-refractivity contribution < 1.29 is 9.13 Å². The van der Waals surface area contributed by atoms with Crippen molar-refractivity contribution in [3.63, 3.8) is 0 Å². The van der Waals surface area contributed by atoms with Crippen LogP contribution >= 0.6 is 0 Å². The number of ether oxygens (including phenoxy) is 1. The van der Waals surface area contributed by atoms with E-state index in [4.69, 9.17) is 4.74 Å². The fourth-order valence-electron chi connectivity index (χ4n) is 2.91. The van der Waals surface area contributed by atoms with E-state index in [1.165, 1.54) is 6.07 Å². The number of likely N-dealkylation sites (N-methyl/N-ethyl adjacent to an activating group) is 1. The quantitative estimate of drug-likeness (QED) is 0.616. The summed E-state index contributed by atoms with van der Waals surface area (Å²) in [5.41, 5.74) is 0.662. The molecule has 1 saturated heterocycles. The maximum Gasteiger partial charge on any atom is 0.191 e. The topological polar surface area (TPSA) is 48.9 Å². The Balaban J connectivity index is 2.02. The minimum absolute atomic E-state index is 0.0619. The lowest BCUT2D eigenvalue weighted by molar-refractivity contribution is -0.00501. The van der Waals surface area contributed by atoms with Gasteiger partial charge in [-0.1, -0.05) is 18.2 Å². The first kappa shape index (κ1) is 18.7. The molecule has 0 aliphatic carbocycles. The summed E-state index contributed by atoms with van der Waals surface area (Å²) in [5.74, 6) is 0.500. The Bertz CT molecular complexity index is 542. The lowest BCUT2D eigenvalue weighted by Crippen LogP contribution is -2.57. The Kier molecular flexibility index (Phi) is 6.99. The number of nitrogens with zero attached hydrogens (tertiary/aromatic N) is 2. The van der Waals surface area contributed by atoms with E-state index in [0.29, 0.717) is 18.1 Å². The van der Waals surface area contributed by atoms with Crippen molar-refractivity contribution in [3.8, 4) is 0 Å². The normalized spacial score (nSPS) is 17.8. The third-order valence-electron chi connectivity index (χ3n) is 4.67. The molecule has 1 aliphatic heterocycles. The molecule has 0 bridgehead atoms. The summed E-state index contributed by atoms with van der Waals surface area (Å²) in [4.78, 5) is 6.79. The molecule has 0 aromatic heterocycles. The van der Waals surface area contributed by atoms with Crippen LogP contribution in [-0.4, -0.2) is 56.8 Å². The smallest absolute Gasteiger partial charge is 0.191 e. The van der Waals surface area contributed by atoms with Gasteiger partial charge in [0, 0.05) is 37.4 Å². The molecule has 134 valence electrons. The van der Waals surface area contributed by atoms with Crippen LogP contribution in [0, 0.1) is 5.82 Å². The van der Waals surface area contributed by atoms with Gasteiger partial charge in [-0.15, -0.1) is 0 Å². The number of aliphatic imine (C=N–C) groups is 1. The lowest BCUT2D eigenvalue weighted by Gasteiger charge is -2.43. The van der Waals surface area contributed by atoms with Crippen molar-refractivity contribution >= 4 is 5.96 Å². The Morgan fingerprint density at radius 3 is 2.58 bits per heavy atom. The van der Waals surface area contributed by atoms with Crippen LogP contribution in [-0.2, 0) is 11.3 Å². The van der Waals surface area contributed by atoms with Crippen LogP contribution in [0.25, 0.3) is 0 Å². The molecule has 0 saturated carbocycles. The van der Waals surface area contributed by atoms with Gasteiger partial charge in [-0.3, -0.25) is 0 Å². The zero-order valence-corrected chi connectivity index (χ0v) is 14.9. The molecule has 0 unspecified atom stereocenters. The Hall–Kier alpha value is -1.66. The van der Waals surface area contributed by atoms with Crippen LogP contribution in [0.15, 0.2) is 29.3 Å². The second-order valence-electron chi connectivity index (χ2n) is 6.37. The molecule has 2 rings (SSSR count). The third kappa shape index (κ3) is 4.92. The maximum atomic E-state index is 13.7. The number of nitrogens with one attached hydrogen (secondary N) is 2. The number of benzene rings is 1. The monoisotopic (exact) mass is 336 g/mol. The molecular weight excluding hydrogens is 307 g/mol. The molecule has 1 heterocycles. The predicted octanol–water partition coefficient (Wildman–Crippen LogP) is 1.99. The standard InChI is InChI=1S/C18H29FN4O/c1-4-20-17(21-13-15-7-5-6-8-16(15)19)22-14-18(23(2)3)9-11-24-12-10-18/h5-8H,4,9-14H2,1-3H3,(H2,20,21,22). The van der Waals surface area contributed by atoms with E-state index in [1.54, 1.807) is 12.1 Å². The van der Waals surface area contributed by atoms with E-state index in [-0.39, 0.29) is 11.4 Å². The second kappa shape index (κ2) is 8.99.